The zero-order valence-electron chi connectivity index (χ0n) is 15.9. The first-order valence-electron chi connectivity index (χ1n) is 8.98. The quantitative estimate of drug-likeness (QED) is 0.633. The number of benzene rings is 1. The van der Waals surface area contributed by atoms with Gasteiger partial charge in [0.15, 0.2) is 0 Å². The molecule has 1 atom stereocenters. The van der Waals surface area contributed by atoms with E-state index in [1.165, 1.54) is 0 Å². The van der Waals surface area contributed by atoms with Crippen LogP contribution in [-0.2, 0) is 16.0 Å². The van der Waals surface area contributed by atoms with Gasteiger partial charge in [0.05, 0.1) is 24.9 Å². The van der Waals surface area contributed by atoms with Crippen LogP contribution in [0.5, 0.6) is 5.75 Å². The summed E-state index contributed by atoms with van der Waals surface area (Å²) in [6.07, 6.45) is 2.21. The lowest BCUT2D eigenvalue weighted by molar-refractivity contribution is 0.0527. The van der Waals surface area contributed by atoms with Crippen LogP contribution in [-0.4, -0.2) is 37.0 Å². The number of methoxy groups -OCH3 is 1. The minimum Gasteiger partial charge on any atom is -0.491 e. The van der Waals surface area contributed by atoms with Crippen molar-refractivity contribution in [1.82, 2.24) is 4.57 Å². The van der Waals surface area contributed by atoms with E-state index in [1.807, 2.05) is 32.0 Å². The Morgan fingerprint density at radius 1 is 1.28 bits per heavy atom. The summed E-state index contributed by atoms with van der Waals surface area (Å²) in [6, 6.07) is 5.92. The fraction of sp³-hybridized carbons (Fsp3) is 0.550. The Kier molecular flexibility index (Phi) is 6.88. The maximum atomic E-state index is 12.5. The molecule has 25 heavy (non-hydrogen) atoms. The predicted molar refractivity (Wildman–Crippen MR) is 99.5 cm³/mol. The van der Waals surface area contributed by atoms with Crippen molar-refractivity contribution in [2.45, 2.75) is 53.2 Å². The number of rotatable bonds is 9. The Bertz CT molecular complexity index is 720. The van der Waals surface area contributed by atoms with Crippen molar-refractivity contribution in [2.24, 2.45) is 0 Å². The number of carbonyl (C=O) groups is 1. The molecule has 1 aromatic heterocycles. The summed E-state index contributed by atoms with van der Waals surface area (Å²) in [5.41, 5.74) is 2.50. The fourth-order valence-electron chi connectivity index (χ4n) is 3.16. The second-order valence-electron chi connectivity index (χ2n) is 6.22. The van der Waals surface area contributed by atoms with Gasteiger partial charge in [-0.2, -0.15) is 0 Å². The summed E-state index contributed by atoms with van der Waals surface area (Å²) in [7, 11) is 1.67. The average molecular weight is 347 g/mol. The lowest BCUT2D eigenvalue weighted by atomic mass is 10.1. The molecule has 1 heterocycles. The van der Waals surface area contributed by atoms with E-state index >= 15 is 0 Å². The summed E-state index contributed by atoms with van der Waals surface area (Å²) in [6.45, 7) is 9.59. The third-order valence-corrected chi connectivity index (χ3v) is 4.33. The third-order valence-electron chi connectivity index (χ3n) is 4.33. The van der Waals surface area contributed by atoms with Crippen LogP contribution < -0.4 is 4.74 Å². The first kappa shape index (κ1) is 19.3. The number of ether oxygens (including phenoxy) is 3. The predicted octanol–water partition coefficient (Wildman–Crippen LogP) is 4.34. The van der Waals surface area contributed by atoms with Crippen molar-refractivity contribution in [3.8, 4) is 5.75 Å². The third kappa shape index (κ3) is 4.34. The molecule has 0 saturated heterocycles. The van der Waals surface area contributed by atoms with Crippen molar-refractivity contribution in [3.63, 3.8) is 0 Å². The molecule has 0 amide bonds. The number of hydrogen-bond donors (Lipinski definition) is 0. The Morgan fingerprint density at radius 3 is 2.68 bits per heavy atom. The highest BCUT2D eigenvalue weighted by atomic mass is 16.5. The molecule has 0 aliphatic heterocycles. The monoisotopic (exact) mass is 347 g/mol. The molecule has 1 aromatic carbocycles. The standard InChI is InChI=1S/C20H29NO4/c1-6-8-14(3)25-16-9-10-18-17(13-16)19(20(22)24-7-2)15(4)21(18)11-12-23-5/h9-10,13-14H,6-8,11-12H2,1-5H3. The van der Waals surface area contributed by atoms with Gasteiger partial charge in [-0.3, -0.25) is 0 Å². The first-order chi connectivity index (χ1) is 12.0. The highest BCUT2D eigenvalue weighted by Gasteiger charge is 2.21. The van der Waals surface area contributed by atoms with E-state index in [-0.39, 0.29) is 12.1 Å². The van der Waals surface area contributed by atoms with E-state index in [0.717, 1.165) is 35.2 Å². The second kappa shape index (κ2) is 8.90. The highest BCUT2D eigenvalue weighted by molar-refractivity contribution is 6.06. The number of nitrogens with zero attached hydrogens (tertiary/aromatic N) is 1. The fourth-order valence-corrected chi connectivity index (χ4v) is 3.16. The molecule has 0 saturated carbocycles. The van der Waals surface area contributed by atoms with Crippen molar-refractivity contribution in [1.29, 1.82) is 0 Å². The van der Waals surface area contributed by atoms with Gasteiger partial charge in [-0.25, -0.2) is 4.79 Å². The molecule has 2 aromatic rings. The lowest BCUT2D eigenvalue weighted by Gasteiger charge is -2.14. The summed E-state index contributed by atoms with van der Waals surface area (Å²) in [5, 5.41) is 0.869. The number of fused-ring (bicyclic) bond motifs is 1. The molecular formula is C20H29NO4. The van der Waals surface area contributed by atoms with Crippen LogP contribution in [0.2, 0.25) is 0 Å². The molecule has 1 unspecified atom stereocenters. The zero-order chi connectivity index (χ0) is 18.4. The maximum absolute atomic E-state index is 12.5. The number of hydrogen-bond acceptors (Lipinski definition) is 4. The average Bonchev–Trinajstić information content (AvgIpc) is 2.84. The van der Waals surface area contributed by atoms with E-state index in [9.17, 15) is 4.79 Å². The van der Waals surface area contributed by atoms with E-state index in [0.29, 0.717) is 25.3 Å². The molecule has 2 rings (SSSR count). The molecule has 5 heteroatoms. The van der Waals surface area contributed by atoms with Gasteiger partial charge >= 0.3 is 5.97 Å². The topological polar surface area (TPSA) is 49.7 Å². The van der Waals surface area contributed by atoms with Crippen LogP contribution >= 0.6 is 0 Å². The Balaban J connectivity index is 2.49. The van der Waals surface area contributed by atoms with Crippen molar-refractivity contribution >= 4 is 16.9 Å². The molecule has 0 aliphatic rings. The molecule has 0 aliphatic carbocycles. The van der Waals surface area contributed by atoms with Crippen LogP contribution in [0, 0.1) is 6.92 Å². The van der Waals surface area contributed by atoms with Gasteiger partial charge in [0.1, 0.15) is 5.75 Å². The Hall–Kier alpha value is -2.01. The zero-order valence-corrected chi connectivity index (χ0v) is 15.9. The van der Waals surface area contributed by atoms with Crippen molar-refractivity contribution < 1.29 is 19.0 Å². The molecule has 138 valence electrons. The minimum absolute atomic E-state index is 0.144. The lowest BCUT2D eigenvalue weighted by Crippen LogP contribution is -2.11. The molecule has 0 N–H and O–H groups in total. The van der Waals surface area contributed by atoms with Gasteiger partial charge in [0.2, 0.25) is 0 Å². The maximum Gasteiger partial charge on any atom is 0.340 e. The van der Waals surface area contributed by atoms with Gasteiger partial charge in [-0.1, -0.05) is 13.3 Å². The van der Waals surface area contributed by atoms with Crippen molar-refractivity contribution in [2.75, 3.05) is 20.3 Å². The number of esters is 1. The van der Waals surface area contributed by atoms with E-state index in [4.69, 9.17) is 14.2 Å². The molecule has 0 spiro atoms. The molecular weight excluding hydrogens is 318 g/mol. The van der Waals surface area contributed by atoms with Gasteiger partial charge in [-0.15, -0.1) is 0 Å². The summed E-state index contributed by atoms with van der Waals surface area (Å²) >= 11 is 0. The SMILES string of the molecule is CCCC(C)Oc1ccc2c(c1)c(C(=O)OCC)c(C)n2CCOC. The van der Waals surface area contributed by atoms with Gasteiger partial charge in [0.25, 0.3) is 0 Å². The van der Waals surface area contributed by atoms with E-state index in [1.54, 1.807) is 7.11 Å². The Labute approximate surface area is 149 Å². The van der Waals surface area contributed by atoms with Gasteiger partial charge in [0, 0.05) is 30.3 Å². The van der Waals surface area contributed by atoms with Crippen LogP contribution in [0.1, 0.15) is 49.7 Å². The number of carbonyl (C=O) groups excluding carboxylic acids is 1. The molecule has 0 bridgehead atoms. The first-order valence-corrected chi connectivity index (χ1v) is 8.98. The van der Waals surface area contributed by atoms with Gasteiger partial charge < -0.3 is 18.8 Å². The van der Waals surface area contributed by atoms with Crippen LogP contribution in [0.4, 0.5) is 0 Å². The normalized spacial score (nSPS) is 12.4. The molecule has 0 fully saturated rings. The molecule has 0 radical (unpaired) electrons. The second-order valence-corrected chi connectivity index (χ2v) is 6.22. The van der Waals surface area contributed by atoms with Crippen LogP contribution in [0.3, 0.4) is 0 Å². The summed E-state index contributed by atoms with van der Waals surface area (Å²) in [4.78, 5) is 12.5. The van der Waals surface area contributed by atoms with Crippen LogP contribution in [0.25, 0.3) is 10.9 Å². The summed E-state index contributed by atoms with van der Waals surface area (Å²) in [5.74, 6) is 0.489. The van der Waals surface area contributed by atoms with E-state index < -0.39 is 0 Å². The van der Waals surface area contributed by atoms with E-state index in [2.05, 4.69) is 18.4 Å². The summed E-state index contributed by atoms with van der Waals surface area (Å²) < 4.78 is 18.6. The number of aromatic nitrogens is 1. The smallest absolute Gasteiger partial charge is 0.340 e. The highest BCUT2D eigenvalue weighted by Crippen LogP contribution is 2.30. The van der Waals surface area contributed by atoms with Gasteiger partial charge in [-0.05, 0) is 45.4 Å². The van der Waals surface area contributed by atoms with Crippen LogP contribution in [0.15, 0.2) is 18.2 Å². The van der Waals surface area contributed by atoms with Crippen molar-refractivity contribution in [3.05, 3.63) is 29.5 Å². The largest absolute Gasteiger partial charge is 0.491 e. The Morgan fingerprint density at radius 2 is 2.04 bits per heavy atom. The minimum atomic E-state index is -0.292. The molecule has 5 nitrogen and oxygen atoms in total.